The second-order valence-electron chi connectivity index (χ2n) is 7.05. The molecule has 3 aromatic rings. The molecule has 142 valence electrons. The summed E-state index contributed by atoms with van der Waals surface area (Å²) in [5, 5.41) is 8.00. The van der Waals surface area contributed by atoms with Gasteiger partial charge < -0.3 is 9.05 Å². The summed E-state index contributed by atoms with van der Waals surface area (Å²) in [6.45, 7) is 10.4. The first-order valence-corrected chi connectivity index (χ1v) is 9.25. The average Bonchev–Trinajstić information content (AvgIpc) is 3.32. The van der Waals surface area contributed by atoms with Gasteiger partial charge >= 0.3 is 0 Å². The molecule has 8 heteroatoms. The molecule has 1 aromatic carbocycles. The fraction of sp³-hybridized carbons (Fsp3) is 0.474. The van der Waals surface area contributed by atoms with E-state index in [4.69, 9.17) is 9.05 Å². The molecule has 1 atom stereocenters. The molecule has 0 radical (unpaired) electrons. The van der Waals surface area contributed by atoms with Crippen LogP contribution in [-0.2, 0) is 6.54 Å². The highest BCUT2D eigenvalue weighted by Gasteiger charge is 2.26. The lowest BCUT2D eigenvalue weighted by Gasteiger charge is -2.36. The van der Waals surface area contributed by atoms with E-state index in [1.54, 1.807) is 0 Å². The Kier molecular flexibility index (Phi) is 5.00. The molecule has 1 aliphatic heterocycles. The van der Waals surface area contributed by atoms with Crippen LogP contribution in [0.15, 0.2) is 33.3 Å². The third-order valence-corrected chi connectivity index (χ3v) is 4.99. The van der Waals surface area contributed by atoms with Crippen molar-refractivity contribution in [2.45, 2.75) is 33.4 Å². The van der Waals surface area contributed by atoms with Crippen LogP contribution >= 0.6 is 0 Å². The summed E-state index contributed by atoms with van der Waals surface area (Å²) >= 11 is 0. The third-order valence-electron chi connectivity index (χ3n) is 4.99. The van der Waals surface area contributed by atoms with Crippen molar-refractivity contribution >= 4 is 0 Å². The topological polar surface area (TPSA) is 84.3 Å². The van der Waals surface area contributed by atoms with Crippen LogP contribution in [0, 0.1) is 13.8 Å². The van der Waals surface area contributed by atoms with Gasteiger partial charge in [-0.25, -0.2) is 0 Å². The maximum Gasteiger partial charge on any atom is 0.243 e. The van der Waals surface area contributed by atoms with Gasteiger partial charge in [-0.05, 0) is 20.8 Å². The van der Waals surface area contributed by atoms with Crippen LogP contribution < -0.4 is 0 Å². The Bertz CT molecular complexity index is 880. The van der Waals surface area contributed by atoms with E-state index in [1.807, 2.05) is 19.1 Å². The van der Waals surface area contributed by atoms with Crippen LogP contribution in [0.5, 0.6) is 0 Å². The molecule has 0 aliphatic carbocycles. The molecule has 2 aromatic heterocycles. The Morgan fingerprint density at radius 3 is 2.37 bits per heavy atom. The molecule has 0 saturated carbocycles. The molecule has 1 aliphatic rings. The molecule has 0 amide bonds. The number of aromatic nitrogens is 4. The molecule has 3 heterocycles. The summed E-state index contributed by atoms with van der Waals surface area (Å²) < 4.78 is 10.8. The van der Waals surface area contributed by atoms with E-state index in [2.05, 4.69) is 56.1 Å². The Morgan fingerprint density at radius 1 is 0.963 bits per heavy atom. The fourth-order valence-electron chi connectivity index (χ4n) is 3.28. The predicted molar refractivity (Wildman–Crippen MR) is 98.8 cm³/mol. The van der Waals surface area contributed by atoms with Gasteiger partial charge in [-0.2, -0.15) is 9.97 Å². The lowest BCUT2D eigenvalue weighted by molar-refractivity contribution is 0.0785. The maximum atomic E-state index is 5.45. The van der Waals surface area contributed by atoms with E-state index in [9.17, 15) is 0 Å². The van der Waals surface area contributed by atoms with Crippen LogP contribution in [0.4, 0.5) is 0 Å². The van der Waals surface area contributed by atoms with E-state index in [-0.39, 0.29) is 6.04 Å². The van der Waals surface area contributed by atoms with Crippen molar-refractivity contribution in [2.24, 2.45) is 0 Å². The SMILES string of the molecule is Cc1ccc(-c2noc(CN3CCN(C(C)c4nc(C)no4)CC3)n2)cc1. The minimum absolute atomic E-state index is 0.130. The summed E-state index contributed by atoms with van der Waals surface area (Å²) in [6, 6.07) is 8.27. The van der Waals surface area contributed by atoms with Crippen molar-refractivity contribution in [3.05, 3.63) is 47.4 Å². The Hall–Kier alpha value is -2.58. The highest BCUT2D eigenvalue weighted by atomic mass is 16.5. The second-order valence-corrected chi connectivity index (χ2v) is 7.05. The lowest BCUT2D eigenvalue weighted by Crippen LogP contribution is -2.46. The van der Waals surface area contributed by atoms with Crippen molar-refractivity contribution in [2.75, 3.05) is 26.2 Å². The van der Waals surface area contributed by atoms with E-state index in [0.29, 0.717) is 30.0 Å². The smallest absolute Gasteiger partial charge is 0.243 e. The van der Waals surface area contributed by atoms with Gasteiger partial charge in [0.25, 0.3) is 0 Å². The lowest BCUT2D eigenvalue weighted by atomic mass is 10.1. The number of hydrogen-bond acceptors (Lipinski definition) is 8. The molecule has 8 nitrogen and oxygen atoms in total. The van der Waals surface area contributed by atoms with Crippen molar-refractivity contribution < 1.29 is 9.05 Å². The normalized spacial score (nSPS) is 17.3. The number of hydrogen-bond donors (Lipinski definition) is 0. The van der Waals surface area contributed by atoms with Crippen LogP contribution in [0.25, 0.3) is 11.4 Å². The van der Waals surface area contributed by atoms with Crippen LogP contribution in [0.2, 0.25) is 0 Å². The summed E-state index contributed by atoms with van der Waals surface area (Å²) in [5.41, 5.74) is 2.19. The average molecular weight is 368 g/mol. The molecule has 0 N–H and O–H groups in total. The number of piperazine rings is 1. The maximum absolute atomic E-state index is 5.45. The minimum Gasteiger partial charge on any atom is -0.338 e. The number of rotatable bonds is 5. The van der Waals surface area contributed by atoms with E-state index >= 15 is 0 Å². The zero-order valence-electron chi connectivity index (χ0n) is 15.9. The van der Waals surface area contributed by atoms with Crippen molar-refractivity contribution in [3.63, 3.8) is 0 Å². The molecular weight excluding hydrogens is 344 g/mol. The highest BCUT2D eigenvalue weighted by molar-refractivity contribution is 5.54. The second kappa shape index (κ2) is 7.58. The zero-order chi connectivity index (χ0) is 18.8. The van der Waals surface area contributed by atoms with Crippen molar-refractivity contribution in [3.8, 4) is 11.4 Å². The van der Waals surface area contributed by atoms with Crippen LogP contribution in [0.3, 0.4) is 0 Å². The summed E-state index contributed by atoms with van der Waals surface area (Å²) in [7, 11) is 0. The van der Waals surface area contributed by atoms with Gasteiger partial charge in [-0.1, -0.05) is 40.1 Å². The molecular formula is C19H24N6O2. The van der Waals surface area contributed by atoms with Gasteiger partial charge in [-0.15, -0.1) is 0 Å². The zero-order valence-corrected chi connectivity index (χ0v) is 15.9. The first-order valence-electron chi connectivity index (χ1n) is 9.25. The van der Waals surface area contributed by atoms with Gasteiger partial charge in [0, 0.05) is 31.7 Å². The highest BCUT2D eigenvalue weighted by Crippen LogP contribution is 2.21. The Morgan fingerprint density at radius 2 is 1.70 bits per heavy atom. The largest absolute Gasteiger partial charge is 0.338 e. The molecule has 1 saturated heterocycles. The predicted octanol–water partition coefficient (Wildman–Crippen LogP) is 2.62. The van der Waals surface area contributed by atoms with Gasteiger partial charge in [0.15, 0.2) is 5.82 Å². The van der Waals surface area contributed by atoms with Gasteiger partial charge in [-0.3, -0.25) is 9.80 Å². The van der Waals surface area contributed by atoms with Crippen molar-refractivity contribution in [1.29, 1.82) is 0 Å². The number of nitrogens with zero attached hydrogens (tertiary/aromatic N) is 6. The summed E-state index contributed by atoms with van der Waals surface area (Å²) in [5.74, 6) is 2.65. The molecule has 1 unspecified atom stereocenters. The monoisotopic (exact) mass is 368 g/mol. The minimum atomic E-state index is 0.130. The number of benzene rings is 1. The quantitative estimate of drug-likeness (QED) is 0.679. The molecule has 0 bridgehead atoms. The molecule has 27 heavy (non-hydrogen) atoms. The fourth-order valence-corrected chi connectivity index (χ4v) is 3.28. The van der Waals surface area contributed by atoms with Gasteiger partial charge in [0.2, 0.25) is 17.6 Å². The molecule has 4 rings (SSSR count). The van der Waals surface area contributed by atoms with E-state index in [0.717, 1.165) is 31.7 Å². The third kappa shape index (κ3) is 4.06. The van der Waals surface area contributed by atoms with Crippen LogP contribution in [-0.4, -0.2) is 56.3 Å². The van der Waals surface area contributed by atoms with Crippen LogP contribution in [0.1, 0.15) is 36.1 Å². The first-order chi connectivity index (χ1) is 13.1. The standard InChI is InChI=1S/C19H24N6O2/c1-13-4-6-16(7-5-13)18-21-17(26-23-18)12-24-8-10-25(11-9-24)14(2)19-20-15(3)22-27-19/h4-7,14H,8-12H2,1-3H3. The van der Waals surface area contributed by atoms with E-state index < -0.39 is 0 Å². The number of aryl methyl sites for hydroxylation is 2. The van der Waals surface area contributed by atoms with Crippen molar-refractivity contribution in [1.82, 2.24) is 30.1 Å². The Balaban J connectivity index is 1.32. The summed E-state index contributed by atoms with van der Waals surface area (Å²) in [6.07, 6.45) is 0. The molecule has 0 spiro atoms. The molecule has 1 fully saturated rings. The first kappa shape index (κ1) is 17.8. The van der Waals surface area contributed by atoms with E-state index in [1.165, 1.54) is 5.56 Å². The Labute approximate surface area is 158 Å². The van der Waals surface area contributed by atoms with Gasteiger partial charge in [0.1, 0.15) is 0 Å². The van der Waals surface area contributed by atoms with Gasteiger partial charge in [0.05, 0.1) is 12.6 Å². The summed E-state index contributed by atoms with van der Waals surface area (Å²) in [4.78, 5) is 13.6.